The molecular formula is C13H8N2. The fourth-order valence-electron chi connectivity index (χ4n) is 1.66. The summed E-state index contributed by atoms with van der Waals surface area (Å²) in [7, 11) is 0. The summed E-state index contributed by atoms with van der Waals surface area (Å²) < 4.78 is 0. The number of nitrogens with zero attached hydrogens (tertiary/aromatic N) is 2. The summed E-state index contributed by atoms with van der Waals surface area (Å²) in [6, 6.07) is 13.4. The highest BCUT2D eigenvalue weighted by Gasteiger charge is 2.02. The van der Waals surface area contributed by atoms with E-state index in [-0.39, 0.29) is 0 Å². The van der Waals surface area contributed by atoms with Crippen LogP contribution in [-0.2, 0) is 0 Å². The van der Waals surface area contributed by atoms with Crippen molar-refractivity contribution in [2.45, 2.75) is 0 Å². The van der Waals surface area contributed by atoms with Crippen molar-refractivity contribution >= 4 is 22.1 Å². The molecule has 0 aliphatic carbocycles. The summed E-state index contributed by atoms with van der Waals surface area (Å²) in [6.07, 6.45) is 0. The zero-order valence-electron chi connectivity index (χ0n) is 8.01. The maximum absolute atomic E-state index is 5.84. The summed E-state index contributed by atoms with van der Waals surface area (Å²) in [5, 5.41) is 0. The van der Waals surface area contributed by atoms with Crippen LogP contribution >= 0.6 is 0 Å². The molecule has 70 valence electrons. The summed E-state index contributed by atoms with van der Waals surface area (Å²) in [6.45, 7) is 5.84. The lowest BCUT2D eigenvalue weighted by Crippen LogP contribution is -1.88. The highest BCUT2D eigenvalue weighted by atomic mass is 14.8. The standard InChI is InChI=1S/C13H8N2/c1-9-5-4-8-12-13(9)15-11-7-3-2-6-10(11)14-12/h1-8H. The van der Waals surface area contributed by atoms with E-state index < -0.39 is 0 Å². The molecule has 2 aromatic carbocycles. The van der Waals surface area contributed by atoms with Crippen LogP contribution in [0.1, 0.15) is 5.56 Å². The lowest BCUT2D eigenvalue weighted by Gasteiger charge is -2.02. The van der Waals surface area contributed by atoms with Crippen LogP contribution in [0.3, 0.4) is 0 Å². The third-order valence-corrected chi connectivity index (χ3v) is 2.40. The van der Waals surface area contributed by atoms with Crippen LogP contribution in [0.25, 0.3) is 22.1 Å². The Morgan fingerprint density at radius 2 is 1.40 bits per heavy atom. The van der Waals surface area contributed by atoms with Crippen molar-refractivity contribution in [1.82, 2.24) is 9.97 Å². The Morgan fingerprint density at radius 1 is 0.733 bits per heavy atom. The monoisotopic (exact) mass is 192 g/mol. The van der Waals surface area contributed by atoms with Crippen molar-refractivity contribution in [3.63, 3.8) is 0 Å². The van der Waals surface area contributed by atoms with Crippen molar-refractivity contribution in [3.05, 3.63) is 55.0 Å². The third-order valence-electron chi connectivity index (χ3n) is 2.40. The molecule has 0 unspecified atom stereocenters. The number of fused-ring (bicyclic) bond motifs is 2. The van der Waals surface area contributed by atoms with Gasteiger partial charge < -0.3 is 0 Å². The number of rotatable bonds is 0. The molecule has 2 radical (unpaired) electrons. The normalized spacial score (nSPS) is 11.0. The molecule has 1 aromatic heterocycles. The van der Waals surface area contributed by atoms with Gasteiger partial charge in [0.05, 0.1) is 22.1 Å². The van der Waals surface area contributed by atoms with Crippen LogP contribution in [0.5, 0.6) is 0 Å². The van der Waals surface area contributed by atoms with E-state index in [2.05, 4.69) is 9.97 Å². The quantitative estimate of drug-likeness (QED) is 0.512. The van der Waals surface area contributed by atoms with Crippen LogP contribution in [0.2, 0.25) is 0 Å². The Labute approximate surface area is 87.6 Å². The molecule has 0 saturated heterocycles. The van der Waals surface area contributed by atoms with Gasteiger partial charge in [0.25, 0.3) is 0 Å². The number of aromatic nitrogens is 2. The molecule has 0 atom stereocenters. The van der Waals surface area contributed by atoms with Crippen LogP contribution in [0.15, 0.2) is 42.5 Å². The molecule has 0 aliphatic rings. The lowest BCUT2D eigenvalue weighted by molar-refractivity contribution is 1.38. The number of para-hydroxylation sites is 3. The van der Waals surface area contributed by atoms with Crippen LogP contribution in [0.4, 0.5) is 0 Å². The van der Waals surface area contributed by atoms with Gasteiger partial charge in [0, 0.05) is 6.92 Å². The highest BCUT2D eigenvalue weighted by Crippen LogP contribution is 2.18. The topological polar surface area (TPSA) is 25.8 Å². The van der Waals surface area contributed by atoms with E-state index in [4.69, 9.17) is 6.92 Å². The first kappa shape index (κ1) is 8.36. The molecule has 15 heavy (non-hydrogen) atoms. The largest absolute Gasteiger partial charge is 0.244 e. The van der Waals surface area contributed by atoms with Crippen molar-refractivity contribution in [2.75, 3.05) is 0 Å². The second-order valence-corrected chi connectivity index (χ2v) is 3.43. The average molecular weight is 192 g/mol. The van der Waals surface area contributed by atoms with Gasteiger partial charge in [0.15, 0.2) is 0 Å². The molecule has 2 nitrogen and oxygen atoms in total. The van der Waals surface area contributed by atoms with Gasteiger partial charge in [-0.2, -0.15) is 0 Å². The lowest BCUT2D eigenvalue weighted by atomic mass is 10.2. The number of hydrogen-bond acceptors (Lipinski definition) is 2. The molecule has 0 bridgehead atoms. The first-order chi connectivity index (χ1) is 7.34. The minimum Gasteiger partial charge on any atom is -0.244 e. The van der Waals surface area contributed by atoms with Crippen molar-refractivity contribution < 1.29 is 0 Å². The molecule has 0 amide bonds. The van der Waals surface area contributed by atoms with Crippen molar-refractivity contribution in [1.29, 1.82) is 0 Å². The molecule has 2 heteroatoms. The second kappa shape index (κ2) is 3.02. The average Bonchev–Trinajstić information content (AvgIpc) is 2.27. The zero-order valence-corrected chi connectivity index (χ0v) is 8.01. The predicted octanol–water partition coefficient (Wildman–Crippen LogP) is 2.84. The second-order valence-electron chi connectivity index (χ2n) is 3.43. The molecule has 0 saturated carbocycles. The SMILES string of the molecule is [CH]c1cccc2nc3ccccc3nc12. The highest BCUT2D eigenvalue weighted by molar-refractivity contribution is 5.88. The van der Waals surface area contributed by atoms with Gasteiger partial charge in [0.1, 0.15) is 0 Å². The minimum absolute atomic E-state index is 0.672. The fraction of sp³-hybridized carbons (Fsp3) is 0. The van der Waals surface area contributed by atoms with Gasteiger partial charge in [0.2, 0.25) is 0 Å². The molecule has 0 spiro atoms. The van der Waals surface area contributed by atoms with E-state index in [1.54, 1.807) is 0 Å². The first-order valence-corrected chi connectivity index (χ1v) is 4.75. The number of benzene rings is 2. The molecule has 0 aliphatic heterocycles. The maximum Gasteiger partial charge on any atom is 0.0929 e. The van der Waals surface area contributed by atoms with Gasteiger partial charge in [-0.05, 0) is 23.8 Å². The van der Waals surface area contributed by atoms with Crippen LogP contribution in [-0.4, -0.2) is 9.97 Å². The van der Waals surface area contributed by atoms with Gasteiger partial charge in [-0.15, -0.1) is 0 Å². The minimum atomic E-state index is 0.672. The molecule has 3 aromatic rings. The Hall–Kier alpha value is -1.96. The molecule has 0 fully saturated rings. The van der Waals surface area contributed by atoms with E-state index in [0.29, 0.717) is 5.56 Å². The van der Waals surface area contributed by atoms with E-state index in [1.807, 2.05) is 42.5 Å². The summed E-state index contributed by atoms with van der Waals surface area (Å²) >= 11 is 0. The molecule has 3 rings (SSSR count). The van der Waals surface area contributed by atoms with Gasteiger partial charge in [-0.1, -0.05) is 24.3 Å². The maximum atomic E-state index is 5.84. The third kappa shape index (κ3) is 1.26. The summed E-state index contributed by atoms with van der Waals surface area (Å²) in [5.74, 6) is 0. The first-order valence-electron chi connectivity index (χ1n) is 4.75. The van der Waals surface area contributed by atoms with E-state index >= 15 is 0 Å². The van der Waals surface area contributed by atoms with Gasteiger partial charge in [-0.25, -0.2) is 9.97 Å². The van der Waals surface area contributed by atoms with Crippen molar-refractivity contribution in [2.24, 2.45) is 0 Å². The van der Waals surface area contributed by atoms with Crippen LogP contribution < -0.4 is 0 Å². The fourth-order valence-corrected chi connectivity index (χ4v) is 1.66. The van der Waals surface area contributed by atoms with Gasteiger partial charge in [-0.3, -0.25) is 0 Å². The van der Waals surface area contributed by atoms with Crippen molar-refractivity contribution in [3.8, 4) is 0 Å². The van der Waals surface area contributed by atoms with Crippen LogP contribution in [0, 0.1) is 6.92 Å². The Morgan fingerprint density at radius 3 is 2.20 bits per heavy atom. The Bertz CT molecular complexity index is 644. The predicted molar refractivity (Wildman–Crippen MR) is 60.4 cm³/mol. The van der Waals surface area contributed by atoms with Gasteiger partial charge >= 0.3 is 0 Å². The Balaban J connectivity index is 2.53. The Kier molecular flexibility index (Phi) is 1.68. The zero-order chi connectivity index (χ0) is 10.3. The van der Waals surface area contributed by atoms with E-state index in [1.165, 1.54) is 0 Å². The molecular weight excluding hydrogens is 184 g/mol. The summed E-state index contributed by atoms with van der Waals surface area (Å²) in [4.78, 5) is 8.99. The van der Waals surface area contributed by atoms with E-state index in [9.17, 15) is 0 Å². The summed E-state index contributed by atoms with van der Waals surface area (Å²) in [5.41, 5.74) is 4.06. The van der Waals surface area contributed by atoms with E-state index in [0.717, 1.165) is 22.1 Å². The smallest absolute Gasteiger partial charge is 0.0929 e. The molecule has 0 N–H and O–H groups in total. The number of hydrogen-bond donors (Lipinski definition) is 0. The molecule has 1 heterocycles.